The van der Waals surface area contributed by atoms with Crippen molar-refractivity contribution in [3.05, 3.63) is 0 Å². The van der Waals surface area contributed by atoms with Gasteiger partial charge in [0, 0.05) is 5.92 Å². The highest BCUT2D eigenvalue weighted by molar-refractivity contribution is 5.62. The number of rotatable bonds is 1. The van der Waals surface area contributed by atoms with Crippen LogP contribution in [0.5, 0.6) is 0 Å². The maximum absolute atomic E-state index is 5.03. The molecule has 0 aliphatic carbocycles. The zero-order valence-corrected chi connectivity index (χ0v) is 7.72. The Kier molecular flexibility index (Phi) is 2.21. The molecule has 0 aromatic rings. The zero-order valence-electron chi connectivity index (χ0n) is 7.72. The minimum Gasteiger partial charge on any atom is -0.392 e. The van der Waals surface area contributed by atoms with Crippen LogP contribution in [0.25, 0.3) is 0 Å². The third-order valence-electron chi connectivity index (χ3n) is 1.84. The Balaban J connectivity index is 2.43. The Bertz CT molecular complexity index is 157. The molecule has 2 atom stereocenters. The molecule has 0 saturated heterocycles. The molecule has 0 N–H and O–H groups in total. The predicted molar refractivity (Wildman–Crippen MR) is 45.5 cm³/mol. The maximum atomic E-state index is 5.03. The van der Waals surface area contributed by atoms with E-state index in [9.17, 15) is 0 Å². The largest absolute Gasteiger partial charge is 0.392 e. The Morgan fingerprint density at radius 1 is 1.45 bits per heavy atom. The molecule has 1 heterocycles. The van der Waals surface area contributed by atoms with Crippen molar-refractivity contribution < 1.29 is 4.84 Å². The van der Waals surface area contributed by atoms with Gasteiger partial charge in [0.2, 0.25) is 0 Å². The zero-order chi connectivity index (χ0) is 8.48. The molecule has 1 aliphatic rings. The third kappa shape index (κ3) is 2.52. The summed E-state index contributed by atoms with van der Waals surface area (Å²) in [4.78, 5) is 5.03. The average molecular weight is 154 g/mol. The molecular formula is C9H16NO. The van der Waals surface area contributed by atoms with Gasteiger partial charge in [-0.3, -0.25) is 0 Å². The quantitative estimate of drug-likeness (QED) is 0.568. The molecule has 0 aromatic carbocycles. The van der Waals surface area contributed by atoms with Crippen molar-refractivity contribution in [1.82, 2.24) is 0 Å². The number of hydrogen-bond donors (Lipinski definition) is 0. The summed E-state index contributed by atoms with van der Waals surface area (Å²) in [6.45, 7) is 8.71. The first-order valence-corrected chi connectivity index (χ1v) is 4.10. The van der Waals surface area contributed by atoms with E-state index in [4.69, 9.17) is 4.84 Å². The molecule has 1 aliphatic heterocycles. The first kappa shape index (κ1) is 8.57. The second kappa shape index (κ2) is 2.84. The second-order valence-electron chi connectivity index (χ2n) is 4.40. The smallest absolute Gasteiger partial charge is 0.133 e. The predicted octanol–water partition coefficient (Wildman–Crippen LogP) is 2.32. The van der Waals surface area contributed by atoms with Crippen LogP contribution < -0.4 is 0 Å². The molecule has 0 aromatic heterocycles. The average Bonchev–Trinajstić information content (AvgIpc) is 2.12. The maximum Gasteiger partial charge on any atom is 0.133 e. The molecule has 1 radical (unpaired) electrons. The van der Waals surface area contributed by atoms with Gasteiger partial charge in [0.25, 0.3) is 0 Å². The second-order valence-corrected chi connectivity index (χ2v) is 4.40. The van der Waals surface area contributed by atoms with Crippen molar-refractivity contribution in [2.24, 2.45) is 16.5 Å². The summed E-state index contributed by atoms with van der Waals surface area (Å²) < 4.78 is 0. The van der Waals surface area contributed by atoms with Gasteiger partial charge in [0.1, 0.15) is 12.3 Å². The van der Waals surface area contributed by atoms with Gasteiger partial charge in [-0.1, -0.05) is 25.9 Å². The van der Waals surface area contributed by atoms with Crippen LogP contribution in [0.1, 0.15) is 34.1 Å². The van der Waals surface area contributed by atoms with E-state index in [-0.39, 0.29) is 6.10 Å². The van der Waals surface area contributed by atoms with Crippen molar-refractivity contribution in [1.29, 1.82) is 0 Å². The summed E-state index contributed by atoms with van der Waals surface area (Å²) in [5.74, 6) is 0.384. The van der Waals surface area contributed by atoms with Gasteiger partial charge in [0.15, 0.2) is 0 Å². The van der Waals surface area contributed by atoms with Crippen molar-refractivity contribution in [2.45, 2.75) is 40.2 Å². The lowest BCUT2D eigenvalue weighted by molar-refractivity contribution is 0.0657. The summed E-state index contributed by atoms with van der Waals surface area (Å²) in [7, 11) is 0. The summed E-state index contributed by atoms with van der Waals surface area (Å²) in [6, 6.07) is 0. The van der Waals surface area contributed by atoms with Crippen molar-refractivity contribution in [3.8, 4) is 0 Å². The van der Waals surface area contributed by atoms with Gasteiger partial charge >= 0.3 is 0 Å². The van der Waals surface area contributed by atoms with Crippen molar-refractivity contribution in [3.63, 3.8) is 0 Å². The Hall–Kier alpha value is -0.530. The van der Waals surface area contributed by atoms with Gasteiger partial charge in [-0.15, -0.1) is 0 Å². The molecule has 11 heavy (non-hydrogen) atoms. The summed E-state index contributed by atoms with van der Waals surface area (Å²) >= 11 is 0. The van der Waals surface area contributed by atoms with E-state index in [0.29, 0.717) is 11.3 Å². The fourth-order valence-corrected chi connectivity index (χ4v) is 1.23. The molecule has 0 amide bonds. The monoisotopic (exact) mass is 154 g/mol. The van der Waals surface area contributed by atoms with E-state index in [1.165, 1.54) is 0 Å². The van der Waals surface area contributed by atoms with Crippen LogP contribution in [0.3, 0.4) is 0 Å². The minimum atomic E-state index is 0.217. The molecule has 2 heteroatoms. The molecule has 0 spiro atoms. The fraction of sp³-hybridized carbons (Fsp3) is 0.889. The lowest BCUT2D eigenvalue weighted by Gasteiger charge is -2.22. The van der Waals surface area contributed by atoms with Crippen LogP contribution in [0.15, 0.2) is 5.16 Å². The lowest BCUT2D eigenvalue weighted by atomic mass is 9.83. The molecular weight excluding hydrogens is 138 g/mol. The van der Waals surface area contributed by atoms with E-state index >= 15 is 0 Å². The molecule has 1 rings (SSSR count). The fourth-order valence-electron chi connectivity index (χ4n) is 1.23. The van der Waals surface area contributed by atoms with Crippen LogP contribution in [-0.4, -0.2) is 12.3 Å². The molecule has 0 bridgehead atoms. The van der Waals surface area contributed by atoms with Gasteiger partial charge in [-0.25, -0.2) is 0 Å². The van der Waals surface area contributed by atoms with Crippen LogP contribution in [0.2, 0.25) is 0 Å². The minimum absolute atomic E-state index is 0.217. The van der Waals surface area contributed by atoms with E-state index in [1.807, 2.05) is 6.92 Å². The molecule has 2 nitrogen and oxygen atoms in total. The van der Waals surface area contributed by atoms with Crippen LogP contribution in [-0.2, 0) is 4.84 Å². The number of nitrogens with zero attached hydrogens (tertiary/aromatic N) is 1. The van der Waals surface area contributed by atoms with Crippen molar-refractivity contribution >= 4 is 6.21 Å². The lowest BCUT2D eigenvalue weighted by Crippen LogP contribution is -2.21. The van der Waals surface area contributed by atoms with Gasteiger partial charge in [0.05, 0.1) is 0 Å². The highest BCUT2D eigenvalue weighted by Crippen LogP contribution is 2.28. The summed E-state index contributed by atoms with van der Waals surface area (Å²) in [6.07, 6.45) is 4.28. The number of hydrogen-bond acceptors (Lipinski definition) is 2. The highest BCUT2D eigenvalue weighted by atomic mass is 16.6. The van der Waals surface area contributed by atoms with E-state index in [0.717, 1.165) is 6.42 Å². The Morgan fingerprint density at radius 2 is 2.09 bits per heavy atom. The first-order valence-electron chi connectivity index (χ1n) is 4.10. The van der Waals surface area contributed by atoms with E-state index in [2.05, 4.69) is 32.1 Å². The van der Waals surface area contributed by atoms with E-state index in [1.54, 1.807) is 0 Å². The summed E-state index contributed by atoms with van der Waals surface area (Å²) in [5.41, 5.74) is 0.342. The highest BCUT2D eigenvalue weighted by Gasteiger charge is 2.27. The van der Waals surface area contributed by atoms with Crippen molar-refractivity contribution in [2.75, 3.05) is 0 Å². The van der Waals surface area contributed by atoms with Crippen LogP contribution >= 0.6 is 0 Å². The molecule has 63 valence electrons. The first-order chi connectivity index (χ1) is 4.99. The van der Waals surface area contributed by atoms with Gasteiger partial charge < -0.3 is 4.84 Å². The topological polar surface area (TPSA) is 21.6 Å². The Labute approximate surface area is 68.6 Å². The molecule has 0 fully saturated rings. The summed E-state index contributed by atoms with van der Waals surface area (Å²) in [5, 5.41) is 3.68. The van der Waals surface area contributed by atoms with Gasteiger partial charge in [-0.05, 0) is 18.8 Å². The molecule has 0 saturated carbocycles. The normalized spacial score (nSPS) is 30.5. The standard InChI is InChI=1S/C9H16NO/c1-7-8(6-10-11-7)5-9(2,3)4/h7-8H,5H2,1-4H3. The molecule has 2 unspecified atom stereocenters. The van der Waals surface area contributed by atoms with Crippen LogP contribution in [0.4, 0.5) is 0 Å². The van der Waals surface area contributed by atoms with Gasteiger partial charge in [-0.2, -0.15) is 0 Å². The van der Waals surface area contributed by atoms with Crippen LogP contribution in [0, 0.1) is 11.3 Å². The Morgan fingerprint density at radius 3 is 2.45 bits per heavy atom. The van der Waals surface area contributed by atoms with E-state index < -0.39 is 0 Å². The SMILES string of the molecule is CC1ON=[C]C1CC(C)(C)C. The third-order valence-corrected chi connectivity index (χ3v) is 1.84.